The normalized spacial score (nSPS) is 19.1. The van der Waals surface area contributed by atoms with Crippen LogP contribution in [-0.2, 0) is 0 Å². The van der Waals surface area contributed by atoms with E-state index in [0.717, 1.165) is 19.5 Å². The summed E-state index contributed by atoms with van der Waals surface area (Å²) in [5.41, 5.74) is -0.0628. The summed E-state index contributed by atoms with van der Waals surface area (Å²) in [6.07, 6.45) is 3.53. The van der Waals surface area contributed by atoms with Crippen LogP contribution in [0.25, 0.3) is 0 Å². The second-order valence-corrected chi connectivity index (χ2v) is 5.07. The van der Waals surface area contributed by atoms with E-state index >= 15 is 0 Å². The first kappa shape index (κ1) is 14.4. The summed E-state index contributed by atoms with van der Waals surface area (Å²) in [5.74, 6) is 0.742. The summed E-state index contributed by atoms with van der Waals surface area (Å²) in [6.45, 7) is 1.80. The lowest BCUT2D eigenvalue weighted by atomic mass is 10.2. The molecule has 0 spiro atoms. The number of hydrogen-bond donors (Lipinski definition) is 1. The van der Waals surface area contributed by atoms with Crippen molar-refractivity contribution in [3.63, 3.8) is 0 Å². The number of hydrogen-bond acceptors (Lipinski definition) is 7. The molecule has 1 unspecified atom stereocenters. The number of nitrogens with zero attached hydrogens (tertiary/aromatic N) is 5. The molecule has 0 amide bonds. The van der Waals surface area contributed by atoms with Crippen molar-refractivity contribution in [1.29, 1.82) is 0 Å². The lowest BCUT2D eigenvalue weighted by Crippen LogP contribution is -2.37. The van der Waals surface area contributed by atoms with Gasteiger partial charge >= 0.3 is 5.69 Å². The molecule has 1 saturated heterocycles. The molecule has 0 aromatic carbocycles. The predicted octanol–water partition coefficient (Wildman–Crippen LogP) is 0.957. The summed E-state index contributed by atoms with van der Waals surface area (Å²) in [5, 5.41) is 13.9. The molecule has 1 aromatic heterocycles. The third kappa shape index (κ3) is 2.96. The van der Waals surface area contributed by atoms with E-state index in [2.05, 4.69) is 27.2 Å². The Morgan fingerprint density at radius 3 is 2.95 bits per heavy atom. The lowest BCUT2D eigenvalue weighted by molar-refractivity contribution is -0.384. The average Bonchev–Trinajstić information content (AvgIpc) is 2.83. The van der Waals surface area contributed by atoms with Gasteiger partial charge in [-0.05, 0) is 26.4 Å². The van der Waals surface area contributed by atoms with Gasteiger partial charge in [-0.15, -0.1) is 0 Å². The van der Waals surface area contributed by atoms with Crippen LogP contribution in [-0.4, -0.2) is 60.1 Å². The second-order valence-electron chi connectivity index (χ2n) is 5.07. The SMILES string of the molecule is CNc1ncc([N+](=O)[O-])c(N(C)CC2CCCN2C)n1. The highest BCUT2D eigenvalue weighted by molar-refractivity contribution is 5.58. The van der Waals surface area contributed by atoms with Crippen LogP contribution >= 0.6 is 0 Å². The smallest absolute Gasteiger partial charge is 0.329 e. The maximum absolute atomic E-state index is 11.1. The third-order valence-corrected chi connectivity index (χ3v) is 3.69. The molecule has 1 aliphatic heterocycles. The van der Waals surface area contributed by atoms with Crippen LogP contribution in [0, 0.1) is 10.1 Å². The molecule has 0 saturated carbocycles. The zero-order valence-electron chi connectivity index (χ0n) is 12.0. The van der Waals surface area contributed by atoms with Crippen LogP contribution in [0.4, 0.5) is 17.5 Å². The number of aromatic nitrogens is 2. The summed E-state index contributed by atoms with van der Waals surface area (Å²) in [7, 11) is 5.61. The number of likely N-dealkylation sites (tertiary alicyclic amines) is 1. The molecule has 1 fully saturated rings. The standard InChI is InChI=1S/C12H20N6O2/c1-13-12-14-7-10(18(19)20)11(15-12)17(3)8-9-5-4-6-16(9)2/h7,9H,4-6,8H2,1-3H3,(H,13,14,15). The second kappa shape index (κ2) is 6.00. The van der Waals surface area contributed by atoms with Gasteiger partial charge in [-0.1, -0.05) is 0 Å². The molecule has 20 heavy (non-hydrogen) atoms. The molecular formula is C12H20N6O2. The van der Waals surface area contributed by atoms with Crippen molar-refractivity contribution in [1.82, 2.24) is 14.9 Å². The van der Waals surface area contributed by atoms with E-state index in [9.17, 15) is 10.1 Å². The van der Waals surface area contributed by atoms with E-state index < -0.39 is 4.92 Å². The van der Waals surface area contributed by atoms with Crippen molar-refractivity contribution in [3.05, 3.63) is 16.3 Å². The van der Waals surface area contributed by atoms with E-state index in [4.69, 9.17) is 0 Å². The fourth-order valence-corrected chi connectivity index (χ4v) is 2.51. The molecule has 110 valence electrons. The maximum Gasteiger partial charge on any atom is 0.329 e. The zero-order chi connectivity index (χ0) is 14.7. The summed E-state index contributed by atoms with van der Waals surface area (Å²) in [6, 6.07) is 0.410. The number of anilines is 2. The van der Waals surface area contributed by atoms with Crippen molar-refractivity contribution < 1.29 is 4.92 Å². The van der Waals surface area contributed by atoms with Crippen LogP contribution in [0.5, 0.6) is 0 Å². The van der Waals surface area contributed by atoms with Gasteiger partial charge in [0.15, 0.2) is 0 Å². The molecule has 1 atom stereocenters. The topological polar surface area (TPSA) is 87.4 Å². The minimum atomic E-state index is -0.441. The van der Waals surface area contributed by atoms with E-state index in [1.165, 1.54) is 12.6 Å². The minimum absolute atomic E-state index is 0.0628. The summed E-state index contributed by atoms with van der Waals surface area (Å²) in [4.78, 5) is 22.9. The Bertz CT molecular complexity index is 495. The number of rotatable bonds is 5. The van der Waals surface area contributed by atoms with E-state index in [1.54, 1.807) is 7.05 Å². The van der Waals surface area contributed by atoms with Gasteiger partial charge in [-0.2, -0.15) is 4.98 Å². The first-order valence-corrected chi connectivity index (χ1v) is 6.63. The lowest BCUT2D eigenvalue weighted by Gasteiger charge is -2.26. The van der Waals surface area contributed by atoms with Crippen molar-refractivity contribution in [2.24, 2.45) is 0 Å². The van der Waals surface area contributed by atoms with E-state index in [0.29, 0.717) is 17.8 Å². The predicted molar refractivity (Wildman–Crippen MR) is 77.2 cm³/mol. The van der Waals surface area contributed by atoms with Crippen molar-refractivity contribution >= 4 is 17.5 Å². The van der Waals surface area contributed by atoms with Crippen LogP contribution in [0.15, 0.2) is 6.20 Å². The van der Waals surface area contributed by atoms with E-state index in [1.807, 2.05) is 11.9 Å². The van der Waals surface area contributed by atoms with Crippen molar-refractivity contribution in [2.75, 3.05) is 44.4 Å². The van der Waals surface area contributed by atoms with Crippen LogP contribution in [0.2, 0.25) is 0 Å². The molecule has 1 aromatic rings. The van der Waals surface area contributed by atoms with Gasteiger partial charge in [0.05, 0.1) is 4.92 Å². The first-order chi connectivity index (χ1) is 9.52. The summed E-state index contributed by atoms with van der Waals surface area (Å²) >= 11 is 0. The maximum atomic E-state index is 11.1. The number of likely N-dealkylation sites (N-methyl/N-ethyl adjacent to an activating group) is 2. The Kier molecular flexibility index (Phi) is 4.33. The van der Waals surface area contributed by atoms with Crippen LogP contribution in [0.1, 0.15) is 12.8 Å². The van der Waals surface area contributed by atoms with Gasteiger partial charge < -0.3 is 15.1 Å². The Balaban J connectivity index is 2.22. The van der Waals surface area contributed by atoms with Gasteiger partial charge in [-0.25, -0.2) is 4.98 Å². The number of nitro groups is 1. The Morgan fingerprint density at radius 1 is 1.65 bits per heavy atom. The van der Waals surface area contributed by atoms with Crippen LogP contribution < -0.4 is 10.2 Å². The fourth-order valence-electron chi connectivity index (χ4n) is 2.51. The highest BCUT2D eigenvalue weighted by atomic mass is 16.6. The Hall–Kier alpha value is -1.96. The molecule has 1 aliphatic rings. The molecule has 8 nitrogen and oxygen atoms in total. The molecule has 0 aliphatic carbocycles. The quantitative estimate of drug-likeness (QED) is 0.634. The van der Waals surface area contributed by atoms with Crippen LogP contribution in [0.3, 0.4) is 0 Å². The molecule has 2 heterocycles. The molecule has 0 radical (unpaired) electrons. The van der Waals surface area contributed by atoms with Gasteiger partial charge in [0.25, 0.3) is 0 Å². The third-order valence-electron chi connectivity index (χ3n) is 3.69. The number of nitrogens with one attached hydrogen (secondary N) is 1. The molecule has 8 heteroatoms. The first-order valence-electron chi connectivity index (χ1n) is 6.63. The van der Waals surface area contributed by atoms with Gasteiger partial charge in [0, 0.05) is 26.7 Å². The van der Waals surface area contributed by atoms with Gasteiger partial charge in [0.2, 0.25) is 11.8 Å². The monoisotopic (exact) mass is 280 g/mol. The molecule has 2 rings (SSSR count). The van der Waals surface area contributed by atoms with Crippen molar-refractivity contribution in [2.45, 2.75) is 18.9 Å². The Morgan fingerprint density at radius 2 is 2.40 bits per heavy atom. The highest BCUT2D eigenvalue weighted by Gasteiger charge is 2.26. The molecule has 0 bridgehead atoms. The molecule has 1 N–H and O–H groups in total. The largest absolute Gasteiger partial charge is 0.357 e. The van der Waals surface area contributed by atoms with Gasteiger partial charge in [0.1, 0.15) is 6.20 Å². The average molecular weight is 280 g/mol. The van der Waals surface area contributed by atoms with E-state index in [-0.39, 0.29) is 5.69 Å². The minimum Gasteiger partial charge on any atom is -0.357 e. The highest BCUT2D eigenvalue weighted by Crippen LogP contribution is 2.26. The molecular weight excluding hydrogens is 260 g/mol. The van der Waals surface area contributed by atoms with Crippen molar-refractivity contribution in [3.8, 4) is 0 Å². The Labute approximate surface area is 118 Å². The van der Waals surface area contributed by atoms with Gasteiger partial charge in [-0.3, -0.25) is 10.1 Å². The zero-order valence-corrected chi connectivity index (χ0v) is 12.0. The summed E-state index contributed by atoms with van der Waals surface area (Å²) < 4.78 is 0. The fraction of sp³-hybridized carbons (Fsp3) is 0.667.